The SMILES string of the molecule is CN[C@@H]1CCN(c2nc(NOC)nc3c2oc2ccccc23)C1. The second-order valence-corrected chi connectivity index (χ2v) is 5.67. The third kappa shape index (κ3) is 2.38. The first-order valence-electron chi connectivity index (χ1n) is 7.70. The number of rotatable bonds is 4. The van der Waals surface area contributed by atoms with Crippen LogP contribution in [0.2, 0.25) is 0 Å². The molecule has 1 atom stereocenters. The lowest BCUT2D eigenvalue weighted by molar-refractivity contribution is 0.267. The molecule has 0 radical (unpaired) electrons. The highest BCUT2D eigenvalue weighted by Crippen LogP contribution is 2.34. The fourth-order valence-electron chi connectivity index (χ4n) is 3.12. The molecule has 0 saturated carbocycles. The van der Waals surface area contributed by atoms with Crippen LogP contribution in [0.3, 0.4) is 0 Å². The monoisotopic (exact) mass is 313 g/mol. The van der Waals surface area contributed by atoms with E-state index in [-0.39, 0.29) is 0 Å². The van der Waals surface area contributed by atoms with Crippen molar-refractivity contribution >= 4 is 33.8 Å². The van der Waals surface area contributed by atoms with Crippen molar-refractivity contribution < 1.29 is 9.25 Å². The van der Waals surface area contributed by atoms with E-state index in [0.29, 0.717) is 12.0 Å². The van der Waals surface area contributed by atoms with E-state index < -0.39 is 0 Å². The smallest absolute Gasteiger partial charge is 0.249 e. The Kier molecular flexibility index (Phi) is 3.51. The number of benzene rings is 1. The summed E-state index contributed by atoms with van der Waals surface area (Å²) in [5.74, 6) is 1.25. The molecular formula is C16H19N5O2. The predicted molar refractivity (Wildman–Crippen MR) is 89.6 cm³/mol. The molecule has 7 heteroatoms. The maximum absolute atomic E-state index is 6.04. The molecule has 0 spiro atoms. The van der Waals surface area contributed by atoms with Crippen LogP contribution in [0.25, 0.3) is 22.1 Å². The molecule has 0 amide bonds. The van der Waals surface area contributed by atoms with Crippen LogP contribution in [-0.4, -0.2) is 43.3 Å². The Hall–Kier alpha value is -2.38. The van der Waals surface area contributed by atoms with E-state index >= 15 is 0 Å². The Morgan fingerprint density at radius 2 is 2.17 bits per heavy atom. The molecule has 1 aliphatic rings. The van der Waals surface area contributed by atoms with Gasteiger partial charge in [-0.25, -0.2) is 10.5 Å². The molecule has 0 unspecified atom stereocenters. The number of nitrogens with one attached hydrogen (secondary N) is 2. The normalized spacial score (nSPS) is 18.2. The average Bonchev–Trinajstić information content (AvgIpc) is 3.19. The van der Waals surface area contributed by atoms with Crippen LogP contribution in [-0.2, 0) is 4.84 Å². The van der Waals surface area contributed by atoms with Gasteiger partial charge in [0, 0.05) is 24.5 Å². The molecule has 2 aromatic heterocycles. The minimum atomic E-state index is 0.439. The van der Waals surface area contributed by atoms with Crippen molar-refractivity contribution in [2.75, 3.05) is 37.6 Å². The zero-order chi connectivity index (χ0) is 15.8. The summed E-state index contributed by atoms with van der Waals surface area (Å²) in [7, 11) is 3.54. The third-order valence-electron chi connectivity index (χ3n) is 4.29. The summed E-state index contributed by atoms with van der Waals surface area (Å²) in [6, 6.07) is 8.36. The summed E-state index contributed by atoms with van der Waals surface area (Å²) in [6.07, 6.45) is 1.08. The lowest BCUT2D eigenvalue weighted by Gasteiger charge is -2.18. The van der Waals surface area contributed by atoms with Gasteiger partial charge in [-0.15, -0.1) is 0 Å². The molecule has 120 valence electrons. The summed E-state index contributed by atoms with van der Waals surface area (Å²) in [5, 5.41) is 4.30. The van der Waals surface area contributed by atoms with E-state index in [1.165, 1.54) is 0 Å². The van der Waals surface area contributed by atoms with Crippen LogP contribution in [0.4, 0.5) is 11.8 Å². The molecule has 1 fully saturated rings. The van der Waals surface area contributed by atoms with Crippen LogP contribution in [0.15, 0.2) is 28.7 Å². The highest BCUT2D eigenvalue weighted by molar-refractivity contribution is 6.06. The zero-order valence-corrected chi connectivity index (χ0v) is 13.2. The van der Waals surface area contributed by atoms with Crippen LogP contribution in [0.1, 0.15) is 6.42 Å². The fraction of sp³-hybridized carbons (Fsp3) is 0.375. The number of para-hydroxylation sites is 1. The van der Waals surface area contributed by atoms with E-state index in [1.807, 2.05) is 31.3 Å². The number of hydrogen-bond acceptors (Lipinski definition) is 7. The molecule has 1 aliphatic heterocycles. The predicted octanol–water partition coefficient (Wildman–Crippen LogP) is 2.15. The van der Waals surface area contributed by atoms with Gasteiger partial charge in [0.15, 0.2) is 11.4 Å². The Labute approximate surface area is 133 Å². The molecular weight excluding hydrogens is 294 g/mol. The molecule has 1 saturated heterocycles. The largest absolute Gasteiger partial charge is 0.450 e. The first-order valence-corrected chi connectivity index (χ1v) is 7.70. The van der Waals surface area contributed by atoms with Gasteiger partial charge < -0.3 is 14.6 Å². The molecule has 1 aromatic carbocycles. The van der Waals surface area contributed by atoms with Crippen LogP contribution in [0.5, 0.6) is 0 Å². The minimum absolute atomic E-state index is 0.439. The summed E-state index contributed by atoms with van der Waals surface area (Å²) in [4.78, 5) is 16.4. The highest BCUT2D eigenvalue weighted by Gasteiger charge is 2.26. The molecule has 0 aliphatic carbocycles. The topological polar surface area (TPSA) is 75.5 Å². The molecule has 4 rings (SSSR count). The van der Waals surface area contributed by atoms with E-state index in [1.54, 1.807) is 7.11 Å². The van der Waals surface area contributed by atoms with Crippen molar-refractivity contribution in [3.8, 4) is 0 Å². The van der Waals surface area contributed by atoms with Crippen molar-refractivity contribution in [2.24, 2.45) is 0 Å². The minimum Gasteiger partial charge on any atom is -0.450 e. The summed E-state index contributed by atoms with van der Waals surface area (Å²) < 4.78 is 6.04. The zero-order valence-electron chi connectivity index (χ0n) is 13.2. The van der Waals surface area contributed by atoms with E-state index in [2.05, 4.69) is 25.7 Å². The standard InChI is InChI=1S/C16H19N5O2/c1-17-10-7-8-21(9-10)15-14-13(18-16(19-15)20-22-2)11-5-3-4-6-12(11)23-14/h3-6,10,17H,7-9H2,1-2H3,(H,18,19,20)/t10-/m1/s1. The molecule has 0 bridgehead atoms. The van der Waals surface area contributed by atoms with Gasteiger partial charge in [-0.1, -0.05) is 12.1 Å². The number of aromatic nitrogens is 2. The first kappa shape index (κ1) is 14.2. The van der Waals surface area contributed by atoms with E-state index in [9.17, 15) is 0 Å². The number of fused-ring (bicyclic) bond motifs is 3. The number of anilines is 2. The Morgan fingerprint density at radius 3 is 2.96 bits per heavy atom. The highest BCUT2D eigenvalue weighted by atomic mass is 16.6. The second kappa shape index (κ2) is 5.68. The number of nitrogens with zero attached hydrogens (tertiary/aromatic N) is 3. The Balaban J connectivity index is 1.90. The van der Waals surface area contributed by atoms with Gasteiger partial charge in [0.05, 0.1) is 7.11 Å². The summed E-state index contributed by atoms with van der Waals surface area (Å²) in [6.45, 7) is 1.83. The van der Waals surface area contributed by atoms with Crippen LogP contribution < -0.4 is 15.7 Å². The average molecular weight is 313 g/mol. The van der Waals surface area contributed by atoms with Gasteiger partial charge in [-0.05, 0) is 25.6 Å². The fourth-order valence-corrected chi connectivity index (χ4v) is 3.12. The van der Waals surface area contributed by atoms with Crippen molar-refractivity contribution in [3.05, 3.63) is 24.3 Å². The molecule has 23 heavy (non-hydrogen) atoms. The van der Waals surface area contributed by atoms with Gasteiger partial charge >= 0.3 is 0 Å². The first-order chi connectivity index (χ1) is 11.3. The Bertz CT molecular complexity index is 847. The van der Waals surface area contributed by atoms with Gasteiger partial charge in [-0.2, -0.15) is 4.98 Å². The maximum Gasteiger partial charge on any atom is 0.249 e. The van der Waals surface area contributed by atoms with Gasteiger partial charge in [0.1, 0.15) is 11.1 Å². The number of furan rings is 1. The summed E-state index contributed by atoms with van der Waals surface area (Å²) >= 11 is 0. The van der Waals surface area contributed by atoms with E-state index in [4.69, 9.17) is 9.25 Å². The number of likely N-dealkylation sites (N-methyl/N-ethyl adjacent to an activating group) is 1. The molecule has 7 nitrogen and oxygen atoms in total. The maximum atomic E-state index is 6.04. The van der Waals surface area contributed by atoms with Crippen LogP contribution in [0, 0.1) is 0 Å². The van der Waals surface area contributed by atoms with Crippen molar-refractivity contribution in [2.45, 2.75) is 12.5 Å². The van der Waals surface area contributed by atoms with Crippen molar-refractivity contribution in [1.82, 2.24) is 15.3 Å². The summed E-state index contributed by atoms with van der Waals surface area (Å²) in [5.41, 5.74) is 5.08. The Morgan fingerprint density at radius 1 is 1.30 bits per heavy atom. The third-order valence-corrected chi connectivity index (χ3v) is 4.29. The van der Waals surface area contributed by atoms with Crippen LogP contribution >= 0.6 is 0 Å². The van der Waals surface area contributed by atoms with Gasteiger partial charge in [0.2, 0.25) is 5.95 Å². The van der Waals surface area contributed by atoms with Gasteiger partial charge in [0.25, 0.3) is 0 Å². The lowest BCUT2D eigenvalue weighted by Crippen LogP contribution is -2.30. The lowest BCUT2D eigenvalue weighted by atomic mass is 10.2. The second-order valence-electron chi connectivity index (χ2n) is 5.67. The number of hydrogen-bond donors (Lipinski definition) is 2. The van der Waals surface area contributed by atoms with Crippen molar-refractivity contribution in [3.63, 3.8) is 0 Å². The molecule has 2 N–H and O–H groups in total. The van der Waals surface area contributed by atoms with Crippen molar-refractivity contribution in [1.29, 1.82) is 0 Å². The quantitative estimate of drug-likeness (QED) is 0.715. The molecule has 3 aromatic rings. The molecule has 3 heterocycles. The van der Waals surface area contributed by atoms with E-state index in [0.717, 1.165) is 47.4 Å². The van der Waals surface area contributed by atoms with Gasteiger partial charge in [-0.3, -0.25) is 4.84 Å².